The van der Waals surface area contributed by atoms with E-state index in [-0.39, 0.29) is 18.6 Å². The molecule has 2 heterocycles. The number of amides is 1. The number of carbonyl (C=O) groups is 1. The Balaban J connectivity index is 1.21. The Bertz CT molecular complexity index is 1200. The molecule has 1 atom stereocenters. The van der Waals surface area contributed by atoms with E-state index in [1.807, 2.05) is 48.5 Å². The van der Waals surface area contributed by atoms with E-state index in [4.69, 9.17) is 9.15 Å². The molecule has 1 N–H and O–H groups in total. The van der Waals surface area contributed by atoms with Gasteiger partial charge in [0.15, 0.2) is 6.61 Å². The first-order valence-electron chi connectivity index (χ1n) is 11.0. The minimum atomic E-state index is -0.146. The normalized spacial score (nSPS) is 14.6. The predicted octanol–water partition coefficient (Wildman–Crippen LogP) is 4.73. The molecular weight excluding hydrogens is 400 g/mol. The maximum Gasteiger partial charge on any atom is 0.258 e. The van der Waals surface area contributed by atoms with Crippen LogP contribution >= 0.6 is 0 Å². The SMILES string of the molecule is O=C(COc1ccc2ccccc2c1)NC[C@@H](c1ccco1)N1CCc2ccccc2C1. The zero-order chi connectivity index (χ0) is 21.8. The lowest BCUT2D eigenvalue weighted by Gasteiger charge is -2.34. The zero-order valence-corrected chi connectivity index (χ0v) is 17.9. The molecule has 0 fully saturated rings. The molecule has 0 radical (unpaired) electrons. The molecule has 162 valence electrons. The number of ether oxygens (including phenoxy) is 1. The summed E-state index contributed by atoms with van der Waals surface area (Å²) >= 11 is 0. The summed E-state index contributed by atoms with van der Waals surface area (Å²) in [5.74, 6) is 1.40. The third-order valence-electron chi connectivity index (χ3n) is 6.06. The number of rotatable bonds is 7. The molecule has 1 aromatic heterocycles. The van der Waals surface area contributed by atoms with E-state index in [2.05, 4.69) is 40.5 Å². The van der Waals surface area contributed by atoms with Crippen LogP contribution in [0.1, 0.15) is 22.9 Å². The first-order valence-corrected chi connectivity index (χ1v) is 11.0. The standard InChI is InChI=1S/C27H26N2O3/c30-27(19-32-24-12-11-20-6-1-3-8-22(20)16-24)28-17-25(26-10-5-15-31-26)29-14-13-21-7-2-4-9-23(21)18-29/h1-12,15-16,25H,13-14,17-19H2,(H,28,30)/t25-/m0/s1. The van der Waals surface area contributed by atoms with Gasteiger partial charge in [-0.25, -0.2) is 0 Å². The third-order valence-corrected chi connectivity index (χ3v) is 6.06. The molecule has 0 saturated heterocycles. The molecular formula is C27H26N2O3. The number of carbonyl (C=O) groups excluding carboxylic acids is 1. The minimum Gasteiger partial charge on any atom is -0.484 e. The minimum absolute atomic E-state index is 0.0218. The first-order chi connectivity index (χ1) is 15.8. The van der Waals surface area contributed by atoms with E-state index in [1.165, 1.54) is 11.1 Å². The summed E-state index contributed by atoms with van der Waals surface area (Å²) in [5.41, 5.74) is 2.73. The average molecular weight is 427 g/mol. The smallest absolute Gasteiger partial charge is 0.258 e. The Morgan fingerprint density at radius 2 is 1.78 bits per heavy atom. The van der Waals surface area contributed by atoms with Gasteiger partial charge in [0.25, 0.3) is 5.91 Å². The van der Waals surface area contributed by atoms with Crippen molar-refractivity contribution in [1.82, 2.24) is 10.2 Å². The van der Waals surface area contributed by atoms with Crippen LogP contribution in [0.4, 0.5) is 0 Å². The van der Waals surface area contributed by atoms with Crippen LogP contribution in [0.2, 0.25) is 0 Å². The van der Waals surface area contributed by atoms with E-state index in [1.54, 1.807) is 6.26 Å². The lowest BCUT2D eigenvalue weighted by atomic mass is 9.98. The van der Waals surface area contributed by atoms with Crippen LogP contribution in [0.15, 0.2) is 89.5 Å². The van der Waals surface area contributed by atoms with Crippen LogP contribution in [-0.4, -0.2) is 30.5 Å². The number of nitrogens with one attached hydrogen (secondary N) is 1. The molecule has 0 saturated carbocycles. The highest BCUT2D eigenvalue weighted by molar-refractivity contribution is 5.84. The van der Waals surface area contributed by atoms with E-state index in [0.29, 0.717) is 12.3 Å². The molecule has 32 heavy (non-hydrogen) atoms. The summed E-state index contributed by atoms with van der Waals surface area (Å²) in [6, 6.07) is 26.3. The molecule has 4 aromatic rings. The molecule has 1 amide bonds. The van der Waals surface area contributed by atoms with Crippen LogP contribution in [-0.2, 0) is 17.8 Å². The van der Waals surface area contributed by atoms with Crippen molar-refractivity contribution in [2.75, 3.05) is 19.7 Å². The van der Waals surface area contributed by atoms with E-state index in [9.17, 15) is 4.79 Å². The molecule has 3 aromatic carbocycles. The number of fused-ring (bicyclic) bond motifs is 2. The van der Waals surface area contributed by atoms with Crippen molar-refractivity contribution in [3.05, 3.63) is 102 Å². The fraction of sp³-hybridized carbons (Fsp3) is 0.222. The van der Waals surface area contributed by atoms with Crippen LogP contribution in [0.5, 0.6) is 5.75 Å². The van der Waals surface area contributed by atoms with Gasteiger partial charge in [0.05, 0.1) is 12.3 Å². The molecule has 1 aliphatic heterocycles. The molecule has 1 aliphatic rings. The average Bonchev–Trinajstić information content (AvgIpc) is 3.37. The van der Waals surface area contributed by atoms with Crippen molar-refractivity contribution >= 4 is 16.7 Å². The highest BCUT2D eigenvalue weighted by atomic mass is 16.5. The number of benzene rings is 3. The Hall–Kier alpha value is -3.57. The zero-order valence-electron chi connectivity index (χ0n) is 17.9. The quantitative estimate of drug-likeness (QED) is 0.464. The second-order valence-electron chi connectivity index (χ2n) is 8.12. The van der Waals surface area contributed by atoms with Gasteiger partial charge in [-0.05, 0) is 52.6 Å². The monoisotopic (exact) mass is 426 g/mol. The Kier molecular flexibility index (Phi) is 5.90. The van der Waals surface area contributed by atoms with Gasteiger partial charge in [-0.15, -0.1) is 0 Å². The van der Waals surface area contributed by atoms with Crippen LogP contribution in [0.25, 0.3) is 10.8 Å². The Labute approximate surface area is 187 Å². The van der Waals surface area contributed by atoms with E-state index < -0.39 is 0 Å². The first kappa shape index (κ1) is 20.3. The van der Waals surface area contributed by atoms with E-state index in [0.717, 1.165) is 36.0 Å². The number of hydrogen-bond donors (Lipinski definition) is 1. The van der Waals surface area contributed by atoms with Gasteiger partial charge >= 0.3 is 0 Å². The van der Waals surface area contributed by atoms with Crippen LogP contribution in [0.3, 0.4) is 0 Å². The van der Waals surface area contributed by atoms with Gasteiger partial charge in [-0.2, -0.15) is 0 Å². The van der Waals surface area contributed by atoms with Crippen molar-refractivity contribution in [1.29, 1.82) is 0 Å². The highest BCUT2D eigenvalue weighted by Crippen LogP contribution is 2.28. The second-order valence-corrected chi connectivity index (χ2v) is 8.12. The topological polar surface area (TPSA) is 54.7 Å². The van der Waals surface area contributed by atoms with E-state index >= 15 is 0 Å². The van der Waals surface area contributed by atoms with Gasteiger partial charge in [-0.1, -0.05) is 54.6 Å². The lowest BCUT2D eigenvalue weighted by Crippen LogP contribution is -2.41. The molecule has 0 aliphatic carbocycles. The number of furan rings is 1. The largest absolute Gasteiger partial charge is 0.484 e. The van der Waals surface area contributed by atoms with Gasteiger partial charge in [0.1, 0.15) is 11.5 Å². The molecule has 5 heteroatoms. The van der Waals surface area contributed by atoms with Crippen LogP contribution in [0, 0.1) is 0 Å². The summed E-state index contributed by atoms with van der Waals surface area (Å²) in [6.07, 6.45) is 2.68. The van der Waals surface area contributed by atoms with Gasteiger partial charge < -0.3 is 14.5 Å². The molecule has 0 bridgehead atoms. The summed E-state index contributed by atoms with van der Waals surface area (Å²) in [5, 5.41) is 5.27. The number of hydrogen-bond acceptors (Lipinski definition) is 4. The van der Waals surface area contributed by atoms with Gasteiger partial charge in [0.2, 0.25) is 0 Å². The maximum atomic E-state index is 12.5. The van der Waals surface area contributed by atoms with Crippen molar-refractivity contribution in [2.24, 2.45) is 0 Å². The molecule has 5 nitrogen and oxygen atoms in total. The fourth-order valence-corrected chi connectivity index (χ4v) is 4.34. The Morgan fingerprint density at radius 3 is 2.62 bits per heavy atom. The maximum absolute atomic E-state index is 12.5. The van der Waals surface area contributed by atoms with Crippen molar-refractivity contribution in [2.45, 2.75) is 19.0 Å². The molecule has 5 rings (SSSR count). The lowest BCUT2D eigenvalue weighted by molar-refractivity contribution is -0.123. The van der Waals surface area contributed by atoms with Crippen molar-refractivity contribution in [3.8, 4) is 5.75 Å². The third kappa shape index (κ3) is 4.53. The van der Waals surface area contributed by atoms with Crippen molar-refractivity contribution in [3.63, 3.8) is 0 Å². The summed E-state index contributed by atoms with van der Waals surface area (Å²) < 4.78 is 11.5. The second kappa shape index (κ2) is 9.28. The predicted molar refractivity (Wildman–Crippen MR) is 124 cm³/mol. The van der Waals surface area contributed by atoms with Gasteiger partial charge in [0, 0.05) is 19.6 Å². The van der Waals surface area contributed by atoms with Crippen molar-refractivity contribution < 1.29 is 13.9 Å². The summed E-state index contributed by atoms with van der Waals surface area (Å²) in [6.45, 7) is 2.21. The van der Waals surface area contributed by atoms with Gasteiger partial charge in [-0.3, -0.25) is 9.69 Å². The summed E-state index contributed by atoms with van der Waals surface area (Å²) in [7, 11) is 0. The molecule has 0 unspecified atom stereocenters. The fourth-order valence-electron chi connectivity index (χ4n) is 4.34. The highest BCUT2D eigenvalue weighted by Gasteiger charge is 2.27. The molecule has 0 spiro atoms. The summed E-state index contributed by atoms with van der Waals surface area (Å²) in [4.78, 5) is 14.9. The Morgan fingerprint density at radius 1 is 0.969 bits per heavy atom. The van der Waals surface area contributed by atoms with Crippen LogP contribution < -0.4 is 10.1 Å². The number of nitrogens with zero attached hydrogens (tertiary/aromatic N) is 1.